The fourth-order valence-electron chi connectivity index (χ4n) is 2.16. The Bertz CT molecular complexity index is 630. The summed E-state index contributed by atoms with van der Waals surface area (Å²) < 4.78 is 1.70. The number of aliphatic hydroxyl groups is 1. The van der Waals surface area contributed by atoms with Gasteiger partial charge in [-0.25, -0.2) is 0 Å². The smallest absolute Gasteiger partial charge is 0.269 e. The Morgan fingerprint density at radius 1 is 1.55 bits per heavy atom. The van der Waals surface area contributed by atoms with Crippen molar-refractivity contribution in [3.63, 3.8) is 0 Å². The third-order valence-electron chi connectivity index (χ3n) is 3.57. The number of carbonyl (C=O) groups is 1. The highest BCUT2D eigenvalue weighted by Crippen LogP contribution is 2.24. The molecule has 0 fully saturated rings. The van der Waals surface area contributed by atoms with Gasteiger partial charge in [-0.3, -0.25) is 9.48 Å². The van der Waals surface area contributed by atoms with Crippen LogP contribution < -0.4 is 5.32 Å². The number of aryl methyl sites for hydroxylation is 1. The Balaban J connectivity index is 2.09. The first-order chi connectivity index (χ1) is 10.3. The second kappa shape index (κ2) is 6.62. The Morgan fingerprint density at radius 3 is 2.82 bits per heavy atom. The lowest BCUT2D eigenvalue weighted by molar-refractivity contribution is 0.0553. The minimum absolute atomic E-state index is 0.165. The highest BCUT2D eigenvalue weighted by molar-refractivity contribution is 7.10. The van der Waals surface area contributed by atoms with E-state index in [1.165, 1.54) is 11.3 Å². The van der Waals surface area contributed by atoms with E-state index in [2.05, 4.69) is 10.4 Å². The molecule has 0 radical (unpaired) electrons. The average Bonchev–Trinajstić information content (AvgIpc) is 3.13. The molecule has 22 heavy (non-hydrogen) atoms. The summed E-state index contributed by atoms with van der Waals surface area (Å²) >= 11 is 1.47. The van der Waals surface area contributed by atoms with Crippen molar-refractivity contribution < 1.29 is 9.90 Å². The molecule has 0 aliphatic rings. The summed E-state index contributed by atoms with van der Waals surface area (Å²) in [6.45, 7) is 8.55. The SMILES string of the molecule is CCn1nc(C(C)C)cc1C(=O)NCC(C)(O)c1cccs1. The minimum Gasteiger partial charge on any atom is -0.383 e. The summed E-state index contributed by atoms with van der Waals surface area (Å²) in [5.41, 5.74) is 0.368. The molecule has 120 valence electrons. The Hall–Kier alpha value is -1.66. The highest BCUT2D eigenvalue weighted by Gasteiger charge is 2.26. The van der Waals surface area contributed by atoms with Crippen LogP contribution in [0.1, 0.15) is 54.7 Å². The summed E-state index contributed by atoms with van der Waals surface area (Å²) in [5.74, 6) is 0.0617. The number of hydrogen-bond donors (Lipinski definition) is 2. The van der Waals surface area contributed by atoms with E-state index in [1.807, 2.05) is 44.4 Å². The highest BCUT2D eigenvalue weighted by atomic mass is 32.1. The molecule has 0 saturated carbocycles. The number of nitrogens with one attached hydrogen (secondary N) is 1. The van der Waals surface area contributed by atoms with Crippen molar-refractivity contribution in [3.05, 3.63) is 39.8 Å². The van der Waals surface area contributed by atoms with E-state index in [-0.39, 0.29) is 18.4 Å². The van der Waals surface area contributed by atoms with Gasteiger partial charge in [0, 0.05) is 11.4 Å². The van der Waals surface area contributed by atoms with Crippen LogP contribution in [0, 0.1) is 0 Å². The number of carbonyl (C=O) groups excluding carboxylic acids is 1. The van der Waals surface area contributed by atoms with Crippen LogP contribution in [0.25, 0.3) is 0 Å². The second-order valence-electron chi connectivity index (χ2n) is 5.86. The number of thiophene rings is 1. The molecule has 0 aromatic carbocycles. The summed E-state index contributed by atoms with van der Waals surface area (Å²) in [6, 6.07) is 5.57. The van der Waals surface area contributed by atoms with Crippen molar-refractivity contribution in [3.8, 4) is 0 Å². The molecule has 2 heterocycles. The van der Waals surface area contributed by atoms with Gasteiger partial charge in [-0.05, 0) is 37.3 Å². The molecule has 2 aromatic heterocycles. The molecule has 6 heteroatoms. The van der Waals surface area contributed by atoms with E-state index in [4.69, 9.17) is 0 Å². The molecular formula is C16H23N3O2S. The Morgan fingerprint density at radius 2 is 2.27 bits per heavy atom. The molecule has 5 nitrogen and oxygen atoms in total. The van der Waals surface area contributed by atoms with E-state index in [0.29, 0.717) is 12.2 Å². The largest absolute Gasteiger partial charge is 0.383 e. The Labute approximate surface area is 135 Å². The molecule has 1 unspecified atom stereocenters. The molecule has 0 spiro atoms. The summed E-state index contributed by atoms with van der Waals surface area (Å²) in [6.07, 6.45) is 0. The van der Waals surface area contributed by atoms with Gasteiger partial charge in [0.25, 0.3) is 5.91 Å². The van der Waals surface area contributed by atoms with Gasteiger partial charge in [-0.2, -0.15) is 5.10 Å². The van der Waals surface area contributed by atoms with Crippen LogP contribution in [0.15, 0.2) is 23.6 Å². The third-order valence-corrected chi connectivity index (χ3v) is 4.69. The van der Waals surface area contributed by atoms with Crippen LogP contribution in [0.5, 0.6) is 0 Å². The second-order valence-corrected chi connectivity index (χ2v) is 6.81. The summed E-state index contributed by atoms with van der Waals surface area (Å²) in [4.78, 5) is 13.2. The molecule has 0 aliphatic heterocycles. The standard InChI is InChI=1S/C16H23N3O2S/c1-5-19-13(9-12(18-19)11(2)3)15(20)17-10-16(4,21)14-7-6-8-22-14/h6-9,11,21H,5,10H2,1-4H3,(H,17,20). The fraction of sp³-hybridized carbons (Fsp3) is 0.500. The average molecular weight is 321 g/mol. The summed E-state index contributed by atoms with van der Waals surface area (Å²) in [7, 11) is 0. The molecule has 0 aliphatic carbocycles. The topological polar surface area (TPSA) is 67.2 Å². The molecule has 2 rings (SSSR count). The Kier molecular flexibility index (Phi) is 5.03. The first kappa shape index (κ1) is 16.7. The number of nitrogens with zero attached hydrogens (tertiary/aromatic N) is 2. The lowest BCUT2D eigenvalue weighted by Crippen LogP contribution is -2.38. The van der Waals surface area contributed by atoms with Gasteiger partial charge in [-0.15, -0.1) is 11.3 Å². The predicted octanol–water partition coefficient (Wildman–Crippen LogP) is 2.73. The number of hydrogen-bond acceptors (Lipinski definition) is 4. The van der Waals surface area contributed by atoms with Crippen molar-refractivity contribution in [1.29, 1.82) is 0 Å². The van der Waals surface area contributed by atoms with E-state index < -0.39 is 5.60 Å². The van der Waals surface area contributed by atoms with Crippen LogP contribution >= 0.6 is 11.3 Å². The molecular weight excluding hydrogens is 298 g/mol. The maximum Gasteiger partial charge on any atom is 0.269 e. The zero-order chi connectivity index (χ0) is 16.3. The zero-order valence-corrected chi connectivity index (χ0v) is 14.3. The predicted molar refractivity (Wildman–Crippen MR) is 88.2 cm³/mol. The first-order valence-electron chi connectivity index (χ1n) is 7.47. The van der Waals surface area contributed by atoms with Gasteiger partial charge in [-0.1, -0.05) is 19.9 Å². The molecule has 2 N–H and O–H groups in total. The van der Waals surface area contributed by atoms with Crippen LogP contribution in [-0.4, -0.2) is 27.3 Å². The molecule has 0 bridgehead atoms. The molecule has 1 amide bonds. The van der Waals surface area contributed by atoms with E-state index in [0.717, 1.165) is 10.6 Å². The third kappa shape index (κ3) is 3.56. The summed E-state index contributed by atoms with van der Waals surface area (Å²) in [5, 5.41) is 19.6. The van der Waals surface area contributed by atoms with Crippen molar-refractivity contribution in [2.75, 3.05) is 6.54 Å². The number of amides is 1. The van der Waals surface area contributed by atoms with Gasteiger partial charge >= 0.3 is 0 Å². The molecule has 1 atom stereocenters. The zero-order valence-electron chi connectivity index (χ0n) is 13.5. The molecule has 2 aromatic rings. The van der Waals surface area contributed by atoms with Crippen molar-refractivity contribution >= 4 is 17.2 Å². The van der Waals surface area contributed by atoms with Crippen LogP contribution in [0.3, 0.4) is 0 Å². The fourth-order valence-corrected chi connectivity index (χ4v) is 2.94. The normalized spacial score (nSPS) is 14.1. The van der Waals surface area contributed by atoms with Crippen molar-refractivity contribution in [2.24, 2.45) is 0 Å². The lowest BCUT2D eigenvalue weighted by atomic mass is 10.1. The maximum absolute atomic E-state index is 12.4. The maximum atomic E-state index is 12.4. The molecule has 0 saturated heterocycles. The van der Waals surface area contributed by atoms with Crippen molar-refractivity contribution in [2.45, 2.75) is 45.8 Å². The van der Waals surface area contributed by atoms with Crippen molar-refractivity contribution in [1.82, 2.24) is 15.1 Å². The number of aromatic nitrogens is 2. The lowest BCUT2D eigenvalue weighted by Gasteiger charge is -2.22. The van der Waals surface area contributed by atoms with Crippen LogP contribution in [0.4, 0.5) is 0 Å². The van der Waals surface area contributed by atoms with Gasteiger partial charge in [0.15, 0.2) is 0 Å². The van der Waals surface area contributed by atoms with Gasteiger partial charge in [0.1, 0.15) is 11.3 Å². The minimum atomic E-state index is -1.07. The van der Waals surface area contributed by atoms with Gasteiger partial charge in [0.2, 0.25) is 0 Å². The van der Waals surface area contributed by atoms with Gasteiger partial charge in [0.05, 0.1) is 12.2 Å². The number of rotatable bonds is 6. The van der Waals surface area contributed by atoms with Crippen LogP contribution in [-0.2, 0) is 12.1 Å². The van der Waals surface area contributed by atoms with E-state index in [1.54, 1.807) is 11.6 Å². The van der Waals surface area contributed by atoms with E-state index in [9.17, 15) is 9.90 Å². The first-order valence-corrected chi connectivity index (χ1v) is 8.35. The van der Waals surface area contributed by atoms with Crippen LogP contribution in [0.2, 0.25) is 0 Å². The van der Waals surface area contributed by atoms with Gasteiger partial charge < -0.3 is 10.4 Å². The monoisotopic (exact) mass is 321 g/mol. The quantitative estimate of drug-likeness (QED) is 0.859. The van der Waals surface area contributed by atoms with E-state index >= 15 is 0 Å².